The minimum absolute atomic E-state index is 0.216. The van der Waals surface area contributed by atoms with Crippen LogP contribution in [0.3, 0.4) is 0 Å². The molecule has 3 aromatic rings. The first-order valence-electron chi connectivity index (χ1n) is 14.6. The fourth-order valence-electron chi connectivity index (χ4n) is 4.59. The van der Waals surface area contributed by atoms with Crippen molar-refractivity contribution in [2.75, 3.05) is 0 Å². The molecule has 3 aromatic carbocycles. The van der Waals surface area contributed by atoms with E-state index in [0.717, 1.165) is 41.4 Å². The van der Waals surface area contributed by atoms with E-state index in [2.05, 4.69) is 35.9 Å². The normalized spacial score (nSPS) is 12.2. The summed E-state index contributed by atoms with van der Waals surface area (Å²) in [6, 6.07) is 18.8. The summed E-state index contributed by atoms with van der Waals surface area (Å²) in [5, 5.41) is -0.333. The molecular formula is C34H38F4O3S. The van der Waals surface area contributed by atoms with Crippen molar-refractivity contribution in [1.29, 1.82) is 0 Å². The first kappa shape index (κ1) is 33.4. The number of halogens is 4. The number of rotatable bonds is 15. The summed E-state index contributed by atoms with van der Waals surface area (Å²) in [5.74, 6) is -2.47. The number of benzene rings is 3. The average molecular weight is 603 g/mol. The summed E-state index contributed by atoms with van der Waals surface area (Å²) >= 11 is 0.762. The highest BCUT2D eigenvalue weighted by molar-refractivity contribution is 8.14. The van der Waals surface area contributed by atoms with Crippen molar-refractivity contribution in [3.63, 3.8) is 0 Å². The van der Waals surface area contributed by atoms with Crippen molar-refractivity contribution in [3.05, 3.63) is 89.2 Å². The largest absolute Gasteiger partial charge is 0.449 e. The zero-order valence-electron chi connectivity index (χ0n) is 24.1. The number of hydrogen-bond acceptors (Lipinski definition) is 4. The second-order valence-corrected chi connectivity index (χ2v) is 11.4. The summed E-state index contributed by atoms with van der Waals surface area (Å²) in [4.78, 5) is 25.1. The van der Waals surface area contributed by atoms with Gasteiger partial charge in [0.1, 0.15) is 5.82 Å². The van der Waals surface area contributed by atoms with Crippen molar-refractivity contribution in [2.45, 2.75) is 95.2 Å². The third-order valence-electron chi connectivity index (χ3n) is 7.08. The Morgan fingerprint density at radius 3 is 1.90 bits per heavy atom. The number of thioether (sulfide) groups is 1. The van der Waals surface area contributed by atoms with Crippen molar-refractivity contribution < 1.29 is 31.9 Å². The first-order chi connectivity index (χ1) is 20.1. The van der Waals surface area contributed by atoms with Gasteiger partial charge in [0.2, 0.25) is 5.12 Å². The molecule has 0 aliphatic carbocycles. The number of aryl methyl sites for hydroxylation is 1. The average Bonchev–Trinajstić information content (AvgIpc) is 2.97. The highest BCUT2D eigenvalue weighted by Gasteiger charge is 2.41. The minimum atomic E-state index is -4.74. The van der Waals surface area contributed by atoms with E-state index in [-0.39, 0.29) is 10.0 Å². The molecule has 0 amide bonds. The van der Waals surface area contributed by atoms with Gasteiger partial charge in [-0.25, -0.2) is 9.18 Å². The number of hydrogen-bond donors (Lipinski definition) is 0. The standard InChI is InChI=1S/C34H38F4O3S/c1-3-5-6-7-8-9-10-11-12-24-13-15-25(16-14-24)26-17-19-27(20-18-26)33(40)42-28-21-22-29(30(35)23-28)32(39)41-31(4-2)34(36,37)38/h13-23,31H,3-12H2,1-2H3. The molecule has 0 heterocycles. The molecule has 8 heteroatoms. The second kappa shape index (κ2) is 16.5. The van der Waals surface area contributed by atoms with Gasteiger partial charge in [-0.2, -0.15) is 13.2 Å². The van der Waals surface area contributed by atoms with E-state index >= 15 is 0 Å². The lowest BCUT2D eigenvalue weighted by Gasteiger charge is -2.19. The van der Waals surface area contributed by atoms with Gasteiger partial charge in [-0.05, 0) is 78.0 Å². The Kier molecular flexibility index (Phi) is 13.1. The second-order valence-electron chi connectivity index (χ2n) is 10.4. The number of esters is 1. The van der Waals surface area contributed by atoms with Crippen LogP contribution in [0.15, 0.2) is 71.6 Å². The van der Waals surface area contributed by atoms with Crippen molar-refractivity contribution in [2.24, 2.45) is 0 Å². The molecule has 3 nitrogen and oxygen atoms in total. The Hall–Kier alpha value is -3.13. The van der Waals surface area contributed by atoms with Gasteiger partial charge < -0.3 is 4.74 Å². The molecule has 0 aromatic heterocycles. The predicted molar refractivity (Wildman–Crippen MR) is 160 cm³/mol. The fourth-order valence-corrected chi connectivity index (χ4v) is 5.36. The van der Waals surface area contributed by atoms with Gasteiger partial charge in [-0.1, -0.05) is 95.2 Å². The molecule has 0 bridgehead atoms. The van der Waals surface area contributed by atoms with Gasteiger partial charge in [0, 0.05) is 10.5 Å². The van der Waals surface area contributed by atoms with Crippen LogP contribution in [0.25, 0.3) is 11.1 Å². The fraction of sp³-hybridized carbons (Fsp3) is 0.412. The summed E-state index contributed by atoms with van der Waals surface area (Å²) < 4.78 is 57.6. The number of carbonyl (C=O) groups is 2. The molecule has 0 spiro atoms. The SMILES string of the molecule is CCCCCCCCCCc1ccc(-c2ccc(C(=O)Sc3ccc(C(=O)OC(CC)C(F)(F)F)c(F)c3)cc2)cc1. The van der Waals surface area contributed by atoms with Gasteiger partial charge in [-0.3, -0.25) is 4.79 Å². The Bertz CT molecular complexity index is 1290. The molecule has 3 rings (SSSR count). The molecule has 0 aliphatic rings. The summed E-state index contributed by atoms with van der Waals surface area (Å²) in [6.45, 7) is 3.45. The van der Waals surface area contributed by atoms with Crippen LogP contribution in [0.1, 0.15) is 97.9 Å². The predicted octanol–water partition coefficient (Wildman–Crippen LogP) is 10.6. The Morgan fingerprint density at radius 1 is 0.786 bits per heavy atom. The minimum Gasteiger partial charge on any atom is -0.449 e. The Labute approximate surface area is 250 Å². The third kappa shape index (κ3) is 10.3. The van der Waals surface area contributed by atoms with Crippen molar-refractivity contribution in [1.82, 2.24) is 0 Å². The molecule has 0 aliphatic heterocycles. The molecule has 226 valence electrons. The first-order valence-corrected chi connectivity index (χ1v) is 15.4. The third-order valence-corrected chi connectivity index (χ3v) is 7.99. The van der Waals surface area contributed by atoms with Gasteiger partial charge >= 0.3 is 12.1 Å². The molecule has 0 saturated heterocycles. The van der Waals surface area contributed by atoms with Crippen LogP contribution in [-0.4, -0.2) is 23.4 Å². The molecular weight excluding hydrogens is 564 g/mol. The topological polar surface area (TPSA) is 43.4 Å². The number of alkyl halides is 3. The zero-order chi connectivity index (χ0) is 30.5. The van der Waals surface area contributed by atoms with Crippen molar-refractivity contribution >= 4 is 22.8 Å². The molecule has 1 atom stereocenters. The van der Waals surface area contributed by atoms with Crippen LogP contribution in [0.2, 0.25) is 0 Å². The lowest BCUT2D eigenvalue weighted by atomic mass is 10.00. The molecule has 0 saturated carbocycles. The number of carbonyl (C=O) groups excluding carboxylic acids is 2. The number of ether oxygens (including phenoxy) is 1. The van der Waals surface area contributed by atoms with Crippen molar-refractivity contribution in [3.8, 4) is 11.1 Å². The monoisotopic (exact) mass is 602 g/mol. The molecule has 0 N–H and O–H groups in total. The van der Waals surface area contributed by atoms with Gasteiger partial charge in [-0.15, -0.1) is 0 Å². The Balaban J connectivity index is 1.51. The van der Waals surface area contributed by atoms with E-state index in [1.54, 1.807) is 12.1 Å². The maximum atomic E-state index is 14.5. The van der Waals surface area contributed by atoms with Crippen LogP contribution >= 0.6 is 11.8 Å². The van der Waals surface area contributed by atoms with Gasteiger partial charge in [0.05, 0.1) is 5.56 Å². The summed E-state index contributed by atoms with van der Waals surface area (Å²) in [6.07, 6.45) is 3.88. The van der Waals surface area contributed by atoms with Gasteiger partial charge in [0.15, 0.2) is 6.10 Å². The van der Waals surface area contributed by atoms with E-state index in [0.29, 0.717) is 5.56 Å². The highest BCUT2D eigenvalue weighted by Crippen LogP contribution is 2.29. The molecule has 0 fully saturated rings. The summed E-state index contributed by atoms with van der Waals surface area (Å²) in [5.41, 5.74) is 3.11. The molecule has 0 radical (unpaired) electrons. The lowest BCUT2D eigenvalue weighted by molar-refractivity contribution is -0.204. The van der Waals surface area contributed by atoms with Crippen LogP contribution in [0.4, 0.5) is 17.6 Å². The summed E-state index contributed by atoms with van der Waals surface area (Å²) in [7, 11) is 0. The molecule has 42 heavy (non-hydrogen) atoms. The smallest absolute Gasteiger partial charge is 0.425 e. The highest BCUT2D eigenvalue weighted by atomic mass is 32.2. The van der Waals surface area contributed by atoms with E-state index in [1.165, 1.54) is 69.9 Å². The zero-order valence-corrected chi connectivity index (χ0v) is 25.0. The maximum absolute atomic E-state index is 14.5. The quantitative estimate of drug-likeness (QED) is 0.0751. The van der Waals surface area contributed by atoms with Crippen LogP contribution < -0.4 is 0 Å². The van der Waals surface area contributed by atoms with Crippen LogP contribution in [0.5, 0.6) is 0 Å². The van der Waals surface area contributed by atoms with Crippen LogP contribution in [0, 0.1) is 5.82 Å². The number of unbranched alkanes of at least 4 members (excludes halogenated alkanes) is 7. The lowest BCUT2D eigenvalue weighted by Crippen LogP contribution is -2.33. The maximum Gasteiger partial charge on any atom is 0.425 e. The van der Waals surface area contributed by atoms with E-state index in [9.17, 15) is 27.2 Å². The molecule has 1 unspecified atom stereocenters. The van der Waals surface area contributed by atoms with Gasteiger partial charge in [0.25, 0.3) is 0 Å². The van der Waals surface area contributed by atoms with E-state index < -0.39 is 36.1 Å². The van der Waals surface area contributed by atoms with Crippen LogP contribution in [-0.2, 0) is 11.2 Å². The Morgan fingerprint density at radius 2 is 1.36 bits per heavy atom. The van der Waals surface area contributed by atoms with E-state index in [1.807, 2.05) is 12.1 Å². The van der Waals surface area contributed by atoms with E-state index in [4.69, 9.17) is 0 Å².